The van der Waals surface area contributed by atoms with Gasteiger partial charge >= 0.3 is 0 Å². The second kappa shape index (κ2) is 4.94. The molecule has 0 spiro atoms. The van der Waals surface area contributed by atoms with Crippen LogP contribution in [0.3, 0.4) is 0 Å². The van der Waals surface area contributed by atoms with Crippen LogP contribution in [0.25, 0.3) is 0 Å². The molecule has 0 radical (unpaired) electrons. The number of fused-ring (bicyclic) bond motifs is 1. The fourth-order valence-corrected chi connectivity index (χ4v) is 2.57. The monoisotopic (exact) mass is 335 g/mol. The number of aryl methyl sites for hydroxylation is 1. The maximum atomic E-state index is 12.7. The third-order valence-electron chi connectivity index (χ3n) is 3.49. The Kier molecular flexibility index (Phi) is 3.25. The summed E-state index contributed by atoms with van der Waals surface area (Å²) in [5.74, 6) is 0.618. The molecule has 0 atom stereocenters. The number of aromatic nitrogens is 2. The lowest BCUT2D eigenvalue weighted by molar-refractivity contribution is 0.0971. The van der Waals surface area contributed by atoms with Gasteiger partial charge in [-0.15, -0.1) is 0 Å². The third-order valence-corrected chi connectivity index (χ3v) is 3.98. The van der Waals surface area contributed by atoms with E-state index in [0.29, 0.717) is 18.8 Å². The van der Waals surface area contributed by atoms with Crippen LogP contribution in [0.5, 0.6) is 5.75 Å². The van der Waals surface area contributed by atoms with Crippen LogP contribution in [0.1, 0.15) is 21.7 Å². The molecule has 0 bridgehead atoms. The molecule has 1 aromatic heterocycles. The van der Waals surface area contributed by atoms with Gasteiger partial charge in [-0.05, 0) is 32.0 Å². The van der Waals surface area contributed by atoms with Crippen LogP contribution in [-0.4, -0.2) is 29.3 Å². The second-order valence-corrected chi connectivity index (χ2v) is 5.66. The number of benzene rings is 1. The van der Waals surface area contributed by atoms with Crippen molar-refractivity contribution < 1.29 is 9.53 Å². The molecule has 1 N–H and O–H groups in total. The third kappa shape index (κ3) is 2.10. The van der Waals surface area contributed by atoms with Crippen LogP contribution >= 0.6 is 15.9 Å². The number of carbonyl (C=O) groups excluding carboxylic acids is 1. The molecular formula is C14H14BrN3O2. The van der Waals surface area contributed by atoms with Crippen molar-refractivity contribution >= 4 is 27.5 Å². The number of anilines is 1. The number of amides is 1. The number of rotatable bonds is 1. The maximum Gasteiger partial charge on any atom is 0.279 e. The van der Waals surface area contributed by atoms with Gasteiger partial charge in [-0.2, -0.15) is 5.10 Å². The molecule has 0 aliphatic carbocycles. The Balaban J connectivity index is 2.02. The van der Waals surface area contributed by atoms with Gasteiger partial charge in [0.15, 0.2) is 5.69 Å². The lowest BCUT2D eigenvalue weighted by atomic mass is 10.1. The molecule has 1 aliphatic rings. The highest BCUT2D eigenvalue weighted by Gasteiger charge is 2.27. The minimum absolute atomic E-state index is 0.102. The van der Waals surface area contributed by atoms with Crippen LogP contribution < -0.4 is 9.64 Å². The average Bonchev–Trinajstić information content (AvgIpc) is 2.77. The predicted molar refractivity (Wildman–Crippen MR) is 79.4 cm³/mol. The maximum absolute atomic E-state index is 12.7. The molecule has 0 fully saturated rings. The van der Waals surface area contributed by atoms with Crippen molar-refractivity contribution in [1.29, 1.82) is 0 Å². The van der Waals surface area contributed by atoms with Gasteiger partial charge in [0.2, 0.25) is 0 Å². The Hall–Kier alpha value is -1.82. The summed E-state index contributed by atoms with van der Waals surface area (Å²) in [7, 11) is 0. The second-order valence-electron chi connectivity index (χ2n) is 4.74. The van der Waals surface area contributed by atoms with Gasteiger partial charge in [-0.3, -0.25) is 9.89 Å². The first-order valence-electron chi connectivity index (χ1n) is 6.33. The number of halogens is 1. The zero-order valence-electron chi connectivity index (χ0n) is 11.2. The van der Waals surface area contributed by atoms with Crippen molar-refractivity contribution in [2.24, 2.45) is 0 Å². The van der Waals surface area contributed by atoms with E-state index in [1.165, 1.54) is 0 Å². The molecule has 2 heterocycles. The number of nitrogens with zero attached hydrogens (tertiary/aromatic N) is 2. The quantitative estimate of drug-likeness (QED) is 0.871. The molecule has 5 nitrogen and oxygen atoms in total. The molecule has 3 rings (SSSR count). The van der Waals surface area contributed by atoms with Gasteiger partial charge in [0.1, 0.15) is 12.4 Å². The molecule has 104 valence electrons. The lowest BCUT2D eigenvalue weighted by Gasteiger charge is -2.29. The fourth-order valence-electron chi connectivity index (χ4n) is 2.22. The van der Waals surface area contributed by atoms with Crippen LogP contribution in [0.15, 0.2) is 22.7 Å². The largest absolute Gasteiger partial charge is 0.490 e. The molecule has 2 aromatic rings. The van der Waals surface area contributed by atoms with Crippen molar-refractivity contribution in [2.45, 2.75) is 13.8 Å². The number of ether oxygens (including phenoxy) is 1. The van der Waals surface area contributed by atoms with Crippen molar-refractivity contribution in [3.05, 3.63) is 39.6 Å². The van der Waals surface area contributed by atoms with Crippen molar-refractivity contribution in [3.8, 4) is 5.75 Å². The van der Waals surface area contributed by atoms with E-state index in [2.05, 4.69) is 26.1 Å². The van der Waals surface area contributed by atoms with E-state index in [4.69, 9.17) is 4.74 Å². The van der Waals surface area contributed by atoms with E-state index in [9.17, 15) is 4.79 Å². The van der Waals surface area contributed by atoms with E-state index in [0.717, 1.165) is 27.2 Å². The Labute approximate surface area is 125 Å². The van der Waals surface area contributed by atoms with E-state index >= 15 is 0 Å². The molecule has 1 aliphatic heterocycles. The standard InChI is InChI=1S/C14H14BrN3O2/c1-8-9(2)16-17-13(8)14(19)18-5-6-20-12-4-3-10(15)7-11(12)18/h3-4,7H,5-6H2,1-2H3,(H,16,17). The van der Waals surface area contributed by atoms with E-state index in [-0.39, 0.29) is 5.91 Å². The molecule has 1 aromatic carbocycles. The molecular weight excluding hydrogens is 322 g/mol. The smallest absolute Gasteiger partial charge is 0.279 e. The summed E-state index contributed by atoms with van der Waals surface area (Å²) >= 11 is 3.43. The molecule has 20 heavy (non-hydrogen) atoms. The highest BCUT2D eigenvalue weighted by Crippen LogP contribution is 2.35. The Morgan fingerprint density at radius 1 is 1.45 bits per heavy atom. The first-order chi connectivity index (χ1) is 9.58. The van der Waals surface area contributed by atoms with E-state index in [1.54, 1.807) is 4.90 Å². The van der Waals surface area contributed by atoms with Gasteiger partial charge in [0, 0.05) is 15.7 Å². The van der Waals surface area contributed by atoms with Crippen LogP contribution in [0.2, 0.25) is 0 Å². The topological polar surface area (TPSA) is 58.2 Å². The number of aromatic amines is 1. The Morgan fingerprint density at radius 2 is 2.25 bits per heavy atom. The number of nitrogens with one attached hydrogen (secondary N) is 1. The number of hydrogen-bond donors (Lipinski definition) is 1. The average molecular weight is 336 g/mol. The van der Waals surface area contributed by atoms with Gasteiger partial charge < -0.3 is 9.64 Å². The van der Waals surface area contributed by atoms with E-state index < -0.39 is 0 Å². The van der Waals surface area contributed by atoms with Gasteiger partial charge in [-0.1, -0.05) is 15.9 Å². The molecule has 0 saturated heterocycles. The summed E-state index contributed by atoms with van der Waals surface area (Å²) in [6.45, 7) is 4.81. The molecule has 0 unspecified atom stereocenters. The van der Waals surface area contributed by atoms with E-state index in [1.807, 2.05) is 32.0 Å². The summed E-state index contributed by atoms with van der Waals surface area (Å²) in [5.41, 5.74) is 3.04. The molecule has 0 saturated carbocycles. The summed E-state index contributed by atoms with van der Waals surface area (Å²) < 4.78 is 6.50. The minimum atomic E-state index is -0.102. The molecule has 6 heteroatoms. The first-order valence-corrected chi connectivity index (χ1v) is 7.13. The summed E-state index contributed by atoms with van der Waals surface area (Å²) in [6, 6.07) is 5.65. The van der Waals surface area contributed by atoms with Crippen molar-refractivity contribution in [3.63, 3.8) is 0 Å². The van der Waals surface area contributed by atoms with Gasteiger partial charge in [-0.25, -0.2) is 0 Å². The predicted octanol–water partition coefficient (Wildman–Crippen LogP) is 2.83. The number of hydrogen-bond acceptors (Lipinski definition) is 3. The molecule has 1 amide bonds. The first kappa shape index (κ1) is 13.2. The summed E-state index contributed by atoms with van der Waals surface area (Å²) in [6.07, 6.45) is 0. The minimum Gasteiger partial charge on any atom is -0.490 e. The fraction of sp³-hybridized carbons (Fsp3) is 0.286. The van der Waals surface area contributed by atoms with Crippen molar-refractivity contribution in [1.82, 2.24) is 10.2 Å². The van der Waals surface area contributed by atoms with Crippen molar-refractivity contribution in [2.75, 3.05) is 18.1 Å². The van der Waals surface area contributed by atoms with Gasteiger partial charge in [0.05, 0.1) is 12.2 Å². The van der Waals surface area contributed by atoms with Crippen LogP contribution in [0, 0.1) is 13.8 Å². The summed E-state index contributed by atoms with van der Waals surface area (Å²) in [5, 5.41) is 6.97. The SMILES string of the molecule is Cc1[nH]nc(C(=O)N2CCOc3ccc(Br)cc32)c1C. The van der Waals surface area contributed by atoms with Gasteiger partial charge in [0.25, 0.3) is 5.91 Å². The highest BCUT2D eigenvalue weighted by molar-refractivity contribution is 9.10. The Bertz CT molecular complexity index is 681. The highest BCUT2D eigenvalue weighted by atomic mass is 79.9. The zero-order valence-corrected chi connectivity index (χ0v) is 12.8. The number of carbonyl (C=O) groups is 1. The zero-order chi connectivity index (χ0) is 14.3. The normalized spacial score (nSPS) is 13.8. The van der Waals surface area contributed by atoms with Crippen LogP contribution in [-0.2, 0) is 0 Å². The lowest BCUT2D eigenvalue weighted by Crippen LogP contribution is -2.38. The number of H-pyrrole nitrogens is 1. The summed E-state index contributed by atoms with van der Waals surface area (Å²) in [4.78, 5) is 14.4. The van der Waals surface area contributed by atoms with Crippen LogP contribution in [0.4, 0.5) is 5.69 Å². The Morgan fingerprint density at radius 3 is 2.95 bits per heavy atom.